The fourth-order valence-electron chi connectivity index (χ4n) is 7.48. The molecule has 9 aromatic rings. The van der Waals surface area contributed by atoms with Gasteiger partial charge in [0.2, 0.25) is 0 Å². The van der Waals surface area contributed by atoms with Crippen LogP contribution in [-0.2, 0) is 6.18 Å². The van der Waals surface area contributed by atoms with E-state index in [4.69, 9.17) is 16.5 Å². The van der Waals surface area contributed by atoms with Gasteiger partial charge in [0.25, 0.3) is 0 Å². The van der Waals surface area contributed by atoms with Crippen LogP contribution in [-0.4, -0.2) is 14.5 Å². The summed E-state index contributed by atoms with van der Waals surface area (Å²) in [6.45, 7) is 9.77. The summed E-state index contributed by atoms with van der Waals surface area (Å²) in [6.07, 6.45) is -4.56. The first-order valence-corrected chi connectivity index (χ1v) is 18.1. The van der Waals surface area contributed by atoms with E-state index in [1.807, 2.05) is 134 Å². The SMILES string of the molecule is [C-]#[N+]c1ccc2c(c1)c1ccccc1n2-c1c(-c2cccc(C)c2)cc(-c2cc(-c3ccccc3)nc(-c3ccccc3)n2)cc1-c1cccc(C(F)(F)F)c1. The second kappa shape index (κ2) is 13.8. The second-order valence-electron chi connectivity index (χ2n) is 13.7. The lowest BCUT2D eigenvalue weighted by atomic mass is 9.90. The summed E-state index contributed by atoms with van der Waals surface area (Å²) in [7, 11) is 0. The fourth-order valence-corrected chi connectivity index (χ4v) is 7.48. The van der Waals surface area contributed by atoms with E-state index in [2.05, 4.69) is 21.5 Å². The molecule has 0 radical (unpaired) electrons. The summed E-state index contributed by atoms with van der Waals surface area (Å²) in [5.74, 6) is 0.529. The highest BCUT2D eigenvalue weighted by atomic mass is 19.4. The number of fused-ring (bicyclic) bond motifs is 3. The summed E-state index contributed by atoms with van der Waals surface area (Å²) in [5, 5.41) is 1.80. The highest BCUT2D eigenvalue weighted by molar-refractivity contribution is 6.11. The molecule has 2 heterocycles. The Hall–Kier alpha value is -7.30. The zero-order valence-corrected chi connectivity index (χ0v) is 30.1. The van der Waals surface area contributed by atoms with Crippen molar-refractivity contribution in [3.05, 3.63) is 192 Å². The Kier molecular flexibility index (Phi) is 8.52. The number of halogens is 3. The Morgan fingerprint density at radius 3 is 1.79 bits per heavy atom. The second-order valence-corrected chi connectivity index (χ2v) is 13.7. The highest BCUT2D eigenvalue weighted by Gasteiger charge is 2.31. The molecule has 0 spiro atoms. The number of nitrogens with zero attached hydrogens (tertiary/aromatic N) is 4. The third-order valence-corrected chi connectivity index (χ3v) is 10.1. The Balaban J connectivity index is 1.43. The van der Waals surface area contributed by atoms with Gasteiger partial charge in [0, 0.05) is 33.2 Å². The number of aromatic nitrogens is 3. The van der Waals surface area contributed by atoms with Crippen LogP contribution in [0.4, 0.5) is 18.9 Å². The maximum Gasteiger partial charge on any atom is 0.416 e. The van der Waals surface area contributed by atoms with Crippen molar-refractivity contribution in [1.82, 2.24) is 14.5 Å². The molecule has 0 aliphatic carbocycles. The highest BCUT2D eigenvalue weighted by Crippen LogP contribution is 2.45. The largest absolute Gasteiger partial charge is 0.416 e. The minimum absolute atomic E-state index is 0.398. The summed E-state index contributed by atoms with van der Waals surface area (Å²) in [5.41, 5.74) is 9.66. The van der Waals surface area contributed by atoms with Gasteiger partial charge >= 0.3 is 6.18 Å². The molecule has 0 aliphatic heterocycles. The molecule has 7 heteroatoms. The number of para-hydroxylation sites is 1. The summed E-state index contributed by atoms with van der Waals surface area (Å²) in [4.78, 5) is 13.8. The first-order chi connectivity index (χ1) is 27.2. The number of alkyl halides is 3. The van der Waals surface area contributed by atoms with Crippen molar-refractivity contribution < 1.29 is 13.2 Å². The number of aryl methyl sites for hydroxylation is 1. The van der Waals surface area contributed by atoms with Gasteiger partial charge in [-0.1, -0.05) is 127 Å². The van der Waals surface area contributed by atoms with Crippen molar-refractivity contribution in [3.8, 4) is 61.8 Å². The fraction of sp³-hybridized carbons (Fsp3) is 0.0408. The van der Waals surface area contributed by atoms with Crippen molar-refractivity contribution in [2.45, 2.75) is 13.1 Å². The molecule has 7 aromatic carbocycles. The zero-order valence-electron chi connectivity index (χ0n) is 30.1. The molecule has 4 nitrogen and oxygen atoms in total. The molecule has 0 saturated carbocycles. The van der Waals surface area contributed by atoms with Crippen molar-refractivity contribution in [3.63, 3.8) is 0 Å². The first kappa shape index (κ1) is 34.5. The molecule has 0 aliphatic rings. The standard InChI is InChI=1S/C49H31F3N4/c1-31-13-11-18-34(25-31)40-27-36(44-30-43(32-14-5-3-6-15-32)54-48(55-44)33-16-7-4-8-17-33)28-41(35-19-12-20-37(26-35)49(50,51)52)47(40)56-45-22-10-9-21-39(45)42-29-38(53-2)23-24-46(42)56/h3-30H,1H3. The van der Waals surface area contributed by atoms with E-state index < -0.39 is 11.7 Å². The number of hydrogen-bond acceptors (Lipinski definition) is 2. The smallest absolute Gasteiger partial charge is 0.308 e. The van der Waals surface area contributed by atoms with Crippen LogP contribution < -0.4 is 0 Å². The van der Waals surface area contributed by atoms with Gasteiger partial charge in [-0.05, 0) is 72.0 Å². The van der Waals surface area contributed by atoms with Gasteiger partial charge in [0.1, 0.15) is 0 Å². The third-order valence-electron chi connectivity index (χ3n) is 10.1. The molecule has 9 rings (SSSR count). The first-order valence-electron chi connectivity index (χ1n) is 18.1. The molecule has 0 atom stereocenters. The lowest BCUT2D eigenvalue weighted by molar-refractivity contribution is -0.137. The van der Waals surface area contributed by atoms with E-state index in [1.54, 1.807) is 12.1 Å². The van der Waals surface area contributed by atoms with Gasteiger partial charge in [-0.3, -0.25) is 0 Å². The summed E-state index contributed by atoms with van der Waals surface area (Å²) < 4.78 is 45.5. The Labute approximate surface area is 321 Å². The molecule has 0 bridgehead atoms. The van der Waals surface area contributed by atoms with E-state index in [1.165, 1.54) is 12.1 Å². The number of rotatable bonds is 6. The Morgan fingerprint density at radius 1 is 0.518 bits per heavy atom. The molecule has 2 aromatic heterocycles. The van der Waals surface area contributed by atoms with Crippen LogP contribution in [0.5, 0.6) is 0 Å². The average molecular weight is 733 g/mol. The van der Waals surface area contributed by atoms with Crippen molar-refractivity contribution in [2.75, 3.05) is 0 Å². The predicted octanol–water partition coefficient (Wildman–Crippen LogP) is 13.8. The Bertz CT molecular complexity index is 2920. The molecule has 0 fully saturated rings. The van der Waals surface area contributed by atoms with Gasteiger partial charge in [-0.2, -0.15) is 13.2 Å². The molecule has 0 amide bonds. The quantitative estimate of drug-likeness (QED) is 0.160. The van der Waals surface area contributed by atoms with E-state index >= 15 is 0 Å². The van der Waals surface area contributed by atoms with Crippen LogP contribution in [0.3, 0.4) is 0 Å². The lowest BCUT2D eigenvalue weighted by Crippen LogP contribution is -2.06. The van der Waals surface area contributed by atoms with Crippen LogP contribution in [0.1, 0.15) is 11.1 Å². The van der Waals surface area contributed by atoms with Gasteiger partial charge in [0.15, 0.2) is 11.5 Å². The van der Waals surface area contributed by atoms with Gasteiger partial charge in [-0.15, -0.1) is 0 Å². The zero-order chi connectivity index (χ0) is 38.4. The average Bonchev–Trinajstić information content (AvgIpc) is 3.56. The van der Waals surface area contributed by atoms with Crippen molar-refractivity contribution in [2.24, 2.45) is 0 Å². The normalized spacial score (nSPS) is 11.6. The van der Waals surface area contributed by atoms with Crippen LogP contribution in [0, 0.1) is 13.5 Å². The van der Waals surface area contributed by atoms with E-state index in [-0.39, 0.29) is 0 Å². The molecule has 0 N–H and O–H groups in total. The third kappa shape index (κ3) is 6.27. The molecule has 56 heavy (non-hydrogen) atoms. The number of benzene rings is 7. The topological polar surface area (TPSA) is 35.1 Å². The monoisotopic (exact) mass is 732 g/mol. The summed E-state index contributed by atoms with van der Waals surface area (Å²) in [6, 6.07) is 52.8. The lowest BCUT2D eigenvalue weighted by Gasteiger charge is -2.22. The van der Waals surface area contributed by atoms with E-state index in [0.29, 0.717) is 45.3 Å². The van der Waals surface area contributed by atoms with Crippen LogP contribution >= 0.6 is 0 Å². The van der Waals surface area contributed by atoms with Crippen molar-refractivity contribution in [1.29, 1.82) is 0 Å². The minimum atomic E-state index is -4.56. The maximum absolute atomic E-state index is 14.4. The summed E-state index contributed by atoms with van der Waals surface area (Å²) >= 11 is 0. The molecule has 0 saturated heterocycles. The van der Waals surface area contributed by atoms with Crippen LogP contribution in [0.25, 0.3) is 88.5 Å². The van der Waals surface area contributed by atoms with Gasteiger partial charge < -0.3 is 4.57 Å². The molecular weight excluding hydrogens is 702 g/mol. The number of hydrogen-bond donors (Lipinski definition) is 0. The van der Waals surface area contributed by atoms with Gasteiger partial charge in [0.05, 0.1) is 40.2 Å². The molecule has 0 unspecified atom stereocenters. The van der Waals surface area contributed by atoms with E-state index in [0.717, 1.165) is 55.7 Å². The maximum atomic E-state index is 14.4. The minimum Gasteiger partial charge on any atom is -0.308 e. The van der Waals surface area contributed by atoms with Crippen LogP contribution in [0.15, 0.2) is 170 Å². The van der Waals surface area contributed by atoms with E-state index in [9.17, 15) is 13.2 Å². The van der Waals surface area contributed by atoms with Gasteiger partial charge in [-0.25, -0.2) is 14.8 Å². The molecule has 268 valence electrons. The van der Waals surface area contributed by atoms with Crippen molar-refractivity contribution >= 4 is 27.5 Å². The molecular formula is C49H31F3N4. The van der Waals surface area contributed by atoms with Crippen LogP contribution in [0.2, 0.25) is 0 Å². The predicted molar refractivity (Wildman–Crippen MR) is 220 cm³/mol. The Morgan fingerprint density at radius 2 is 1.11 bits per heavy atom.